The summed E-state index contributed by atoms with van der Waals surface area (Å²) in [6.45, 7) is 1.54. The Morgan fingerprint density at radius 2 is 2.16 bits per heavy atom. The van der Waals surface area contributed by atoms with Crippen LogP contribution in [0.25, 0.3) is 0 Å². The van der Waals surface area contributed by atoms with Crippen LogP contribution in [0.3, 0.4) is 0 Å². The average Bonchev–Trinajstić information content (AvgIpc) is 2.37. The van der Waals surface area contributed by atoms with E-state index in [0.29, 0.717) is 11.5 Å². The Balaban J connectivity index is 2.11. The Labute approximate surface area is 108 Å². The SMILES string of the molecule is Cc1nc(COc2ccccc2F)ncc1C(=O)O. The van der Waals surface area contributed by atoms with E-state index in [1.54, 1.807) is 19.1 Å². The first-order valence-corrected chi connectivity index (χ1v) is 5.51. The minimum atomic E-state index is -1.08. The van der Waals surface area contributed by atoms with Crippen LogP contribution >= 0.6 is 0 Å². The molecule has 0 atom stereocenters. The number of aromatic nitrogens is 2. The molecule has 1 N–H and O–H groups in total. The first kappa shape index (κ1) is 12.9. The number of carbonyl (C=O) groups is 1. The van der Waals surface area contributed by atoms with Crippen molar-refractivity contribution in [3.63, 3.8) is 0 Å². The topological polar surface area (TPSA) is 72.3 Å². The van der Waals surface area contributed by atoms with Crippen LogP contribution in [0.1, 0.15) is 21.9 Å². The van der Waals surface area contributed by atoms with Crippen LogP contribution in [-0.4, -0.2) is 21.0 Å². The highest BCUT2D eigenvalue weighted by Gasteiger charge is 2.10. The van der Waals surface area contributed by atoms with Crippen molar-refractivity contribution in [2.75, 3.05) is 0 Å². The van der Waals surface area contributed by atoms with Crippen LogP contribution in [0, 0.1) is 12.7 Å². The van der Waals surface area contributed by atoms with Gasteiger partial charge in [-0.3, -0.25) is 0 Å². The van der Waals surface area contributed by atoms with E-state index in [2.05, 4.69) is 9.97 Å². The molecule has 2 rings (SSSR count). The molecule has 0 unspecified atom stereocenters. The van der Waals surface area contributed by atoms with Gasteiger partial charge in [-0.2, -0.15) is 0 Å². The molecule has 98 valence electrons. The zero-order valence-electron chi connectivity index (χ0n) is 10.1. The summed E-state index contributed by atoms with van der Waals surface area (Å²) >= 11 is 0. The van der Waals surface area contributed by atoms with E-state index >= 15 is 0 Å². The zero-order valence-corrected chi connectivity index (χ0v) is 10.1. The number of hydrogen-bond donors (Lipinski definition) is 1. The van der Waals surface area contributed by atoms with Gasteiger partial charge in [-0.1, -0.05) is 12.1 Å². The molecule has 1 heterocycles. The molecule has 0 aliphatic rings. The van der Waals surface area contributed by atoms with Gasteiger partial charge in [0.05, 0.1) is 11.3 Å². The second kappa shape index (κ2) is 5.43. The van der Waals surface area contributed by atoms with Gasteiger partial charge < -0.3 is 9.84 Å². The second-order valence-corrected chi connectivity index (χ2v) is 3.81. The third-order valence-corrected chi connectivity index (χ3v) is 2.45. The molecule has 5 nitrogen and oxygen atoms in total. The van der Waals surface area contributed by atoms with Gasteiger partial charge in [-0.25, -0.2) is 19.2 Å². The van der Waals surface area contributed by atoms with Crippen molar-refractivity contribution in [1.82, 2.24) is 9.97 Å². The lowest BCUT2D eigenvalue weighted by Crippen LogP contribution is -2.08. The quantitative estimate of drug-likeness (QED) is 0.914. The Bertz CT molecular complexity index is 617. The molecule has 6 heteroatoms. The summed E-state index contributed by atoms with van der Waals surface area (Å²) < 4.78 is 18.5. The van der Waals surface area contributed by atoms with Gasteiger partial charge in [0, 0.05) is 6.20 Å². The zero-order chi connectivity index (χ0) is 13.8. The molecule has 0 radical (unpaired) electrons. The summed E-state index contributed by atoms with van der Waals surface area (Å²) in [6.07, 6.45) is 1.21. The fraction of sp³-hybridized carbons (Fsp3) is 0.154. The van der Waals surface area contributed by atoms with Gasteiger partial charge in [0.25, 0.3) is 0 Å². The molecule has 0 saturated heterocycles. The smallest absolute Gasteiger partial charge is 0.339 e. The number of carboxylic acid groups (broad SMARTS) is 1. The predicted octanol–water partition coefficient (Wildman–Crippen LogP) is 2.20. The maximum absolute atomic E-state index is 13.3. The highest BCUT2D eigenvalue weighted by molar-refractivity contribution is 5.88. The summed E-state index contributed by atoms with van der Waals surface area (Å²) in [6, 6.07) is 5.99. The molecule has 0 aliphatic heterocycles. The molecule has 19 heavy (non-hydrogen) atoms. The van der Waals surface area contributed by atoms with Crippen molar-refractivity contribution in [2.24, 2.45) is 0 Å². The van der Waals surface area contributed by atoms with Crippen molar-refractivity contribution < 1.29 is 19.0 Å². The van der Waals surface area contributed by atoms with E-state index < -0.39 is 11.8 Å². The fourth-order valence-electron chi connectivity index (χ4n) is 1.50. The Hall–Kier alpha value is -2.50. The Kier molecular flexibility index (Phi) is 3.70. The maximum Gasteiger partial charge on any atom is 0.339 e. The van der Waals surface area contributed by atoms with Crippen LogP contribution < -0.4 is 4.74 Å². The first-order valence-electron chi connectivity index (χ1n) is 5.51. The molecule has 2 aromatic rings. The van der Waals surface area contributed by atoms with Crippen molar-refractivity contribution in [3.05, 3.63) is 53.4 Å². The molecule has 0 amide bonds. The summed E-state index contributed by atoms with van der Waals surface area (Å²) in [4.78, 5) is 18.7. The molecule has 0 saturated carbocycles. The van der Waals surface area contributed by atoms with E-state index in [0.717, 1.165) is 0 Å². The molecular weight excluding hydrogens is 251 g/mol. The standard InChI is InChI=1S/C13H11FN2O3/c1-8-9(13(17)18)6-15-12(16-8)7-19-11-5-3-2-4-10(11)14/h2-6H,7H2,1H3,(H,17,18). The maximum atomic E-state index is 13.3. The van der Waals surface area contributed by atoms with Gasteiger partial charge in [0.15, 0.2) is 17.4 Å². The van der Waals surface area contributed by atoms with Crippen LogP contribution in [0.5, 0.6) is 5.75 Å². The molecule has 0 spiro atoms. The normalized spacial score (nSPS) is 10.2. The van der Waals surface area contributed by atoms with Crippen molar-refractivity contribution in [2.45, 2.75) is 13.5 Å². The number of aromatic carboxylic acids is 1. The Morgan fingerprint density at radius 1 is 1.42 bits per heavy atom. The summed E-state index contributed by atoms with van der Waals surface area (Å²) in [5.74, 6) is -1.16. The van der Waals surface area contributed by atoms with Gasteiger partial charge in [0.1, 0.15) is 6.61 Å². The van der Waals surface area contributed by atoms with E-state index in [9.17, 15) is 9.18 Å². The lowest BCUT2D eigenvalue weighted by atomic mass is 10.2. The number of benzene rings is 1. The second-order valence-electron chi connectivity index (χ2n) is 3.81. The summed E-state index contributed by atoms with van der Waals surface area (Å²) in [5.41, 5.74) is 0.379. The number of para-hydroxylation sites is 1. The van der Waals surface area contributed by atoms with Gasteiger partial charge in [0.2, 0.25) is 0 Å². The van der Waals surface area contributed by atoms with Crippen LogP contribution in [0.4, 0.5) is 4.39 Å². The molecule has 0 fully saturated rings. The number of halogens is 1. The molecule has 1 aromatic carbocycles. The van der Waals surface area contributed by atoms with Crippen LogP contribution in [0.2, 0.25) is 0 Å². The number of rotatable bonds is 4. The lowest BCUT2D eigenvalue weighted by molar-refractivity contribution is 0.0695. The molecule has 1 aromatic heterocycles. The third kappa shape index (κ3) is 3.04. The van der Waals surface area contributed by atoms with Crippen LogP contribution in [-0.2, 0) is 6.61 Å². The van der Waals surface area contributed by atoms with E-state index in [4.69, 9.17) is 9.84 Å². The van der Waals surface area contributed by atoms with Gasteiger partial charge in [-0.15, -0.1) is 0 Å². The monoisotopic (exact) mass is 262 g/mol. The fourth-order valence-corrected chi connectivity index (χ4v) is 1.50. The Morgan fingerprint density at radius 3 is 2.79 bits per heavy atom. The highest BCUT2D eigenvalue weighted by atomic mass is 19.1. The summed E-state index contributed by atoms with van der Waals surface area (Å²) in [7, 11) is 0. The van der Waals surface area contributed by atoms with Crippen molar-refractivity contribution >= 4 is 5.97 Å². The predicted molar refractivity (Wildman–Crippen MR) is 64.5 cm³/mol. The highest BCUT2D eigenvalue weighted by Crippen LogP contribution is 2.16. The molecular formula is C13H11FN2O3. The summed E-state index contributed by atoms with van der Waals surface area (Å²) in [5, 5.41) is 8.84. The number of carboxylic acids is 1. The van der Waals surface area contributed by atoms with Gasteiger partial charge >= 0.3 is 5.97 Å². The number of ether oxygens (including phenoxy) is 1. The van der Waals surface area contributed by atoms with Crippen molar-refractivity contribution in [3.8, 4) is 5.75 Å². The number of hydrogen-bond acceptors (Lipinski definition) is 4. The minimum Gasteiger partial charge on any atom is -0.483 e. The minimum absolute atomic E-state index is 0.0261. The largest absolute Gasteiger partial charge is 0.483 e. The van der Waals surface area contributed by atoms with Crippen LogP contribution in [0.15, 0.2) is 30.5 Å². The molecule has 0 bridgehead atoms. The van der Waals surface area contributed by atoms with E-state index in [-0.39, 0.29) is 17.9 Å². The molecule has 0 aliphatic carbocycles. The average molecular weight is 262 g/mol. The number of aryl methyl sites for hydroxylation is 1. The van der Waals surface area contributed by atoms with Crippen molar-refractivity contribution in [1.29, 1.82) is 0 Å². The number of nitrogens with zero attached hydrogens (tertiary/aromatic N) is 2. The third-order valence-electron chi connectivity index (χ3n) is 2.45. The van der Waals surface area contributed by atoms with E-state index in [1.165, 1.54) is 18.3 Å². The lowest BCUT2D eigenvalue weighted by Gasteiger charge is -2.07. The van der Waals surface area contributed by atoms with Gasteiger partial charge in [-0.05, 0) is 19.1 Å². The van der Waals surface area contributed by atoms with E-state index in [1.807, 2.05) is 0 Å². The first-order chi connectivity index (χ1) is 9.08.